The summed E-state index contributed by atoms with van der Waals surface area (Å²) < 4.78 is 5.33. The van der Waals surface area contributed by atoms with Crippen molar-refractivity contribution in [1.82, 2.24) is 20.0 Å². The third-order valence-corrected chi connectivity index (χ3v) is 6.34. The highest BCUT2D eigenvalue weighted by Crippen LogP contribution is 2.37. The zero-order chi connectivity index (χ0) is 21.8. The number of hydrogen-bond acceptors (Lipinski definition) is 4. The average molecular weight is 415 g/mol. The highest BCUT2D eigenvalue weighted by Gasteiger charge is 2.44. The largest absolute Gasteiger partial charge is 0.497 e. The van der Waals surface area contributed by atoms with E-state index in [9.17, 15) is 9.59 Å². The van der Waals surface area contributed by atoms with Crippen LogP contribution in [0.15, 0.2) is 35.5 Å². The fourth-order valence-corrected chi connectivity index (χ4v) is 4.32. The molecule has 0 aromatic heterocycles. The van der Waals surface area contributed by atoms with Crippen LogP contribution in [-0.2, 0) is 4.79 Å². The van der Waals surface area contributed by atoms with Crippen LogP contribution in [0.2, 0.25) is 0 Å². The van der Waals surface area contributed by atoms with Gasteiger partial charge in [-0.05, 0) is 57.1 Å². The standard InChI is InChI=1S/C23H34N4O3/c1-6-26(7-2)13-9-10-16(3)27-15-19-20(22(27)28)21(24-23(29)25(19)4)17-11-8-12-18(14-17)30-5/h8,11-12,14,16,21H,6-7,9-10,13,15H2,1-5H3,(H,24,29)/t16-,21-/m0/s1. The van der Waals surface area contributed by atoms with Crippen LogP contribution >= 0.6 is 0 Å². The van der Waals surface area contributed by atoms with Crippen LogP contribution in [0.25, 0.3) is 0 Å². The summed E-state index contributed by atoms with van der Waals surface area (Å²) in [5.74, 6) is 0.718. The van der Waals surface area contributed by atoms with Gasteiger partial charge in [0.15, 0.2) is 0 Å². The minimum absolute atomic E-state index is 0.0139. The van der Waals surface area contributed by atoms with E-state index in [1.54, 1.807) is 19.1 Å². The van der Waals surface area contributed by atoms with Gasteiger partial charge in [-0.3, -0.25) is 9.69 Å². The van der Waals surface area contributed by atoms with Crippen molar-refractivity contribution in [3.63, 3.8) is 0 Å². The van der Waals surface area contributed by atoms with E-state index in [0.29, 0.717) is 17.9 Å². The Morgan fingerprint density at radius 1 is 1.27 bits per heavy atom. The second kappa shape index (κ2) is 9.51. The van der Waals surface area contributed by atoms with Crippen molar-refractivity contribution in [2.45, 2.75) is 45.7 Å². The number of nitrogens with one attached hydrogen (secondary N) is 1. The quantitative estimate of drug-likeness (QED) is 0.675. The Balaban J connectivity index is 1.78. The van der Waals surface area contributed by atoms with E-state index < -0.39 is 6.04 Å². The molecule has 1 N–H and O–H groups in total. The molecular formula is C23H34N4O3. The van der Waals surface area contributed by atoms with Gasteiger partial charge in [0.1, 0.15) is 5.75 Å². The van der Waals surface area contributed by atoms with Crippen molar-refractivity contribution in [3.05, 3.63) is 41.1 Å². The maximum atomic E-state index is 13.4. The molecule has 30 heavy (non-hydrogen) atoms. The molecule has 1 aromatic carbocycles. The number of ether oxygens (including phenoxy) is 1. The fourth-order valence-electron chi connectivity index (χ4n) is 4.32. The van der Waals surface area contributed by atoms with Crippen molar-refractivity contribution in [2.75, 3.05) is 40.3 Å². The van der Waals surface area contributed by atoms with Gasteiger partial charge < -0.3 is 19.9 Å². The summed E-state index contributed by atoms with van der Waals surface area (Å²) in [5.41, 5.74) is 2.32. The first-order valence-corrected chi connectivity index (χ1v) is 10.9. The minimum Gasteiger partial charge on any atom is -0.497 e. The molecular weight excluding hydrogens is 380 g/mol. The molecule has 7 heteroatoms. The highest BCUT2D eigenvalue weighted by molar-refractivity contribution is 6.01. The van der Waals surface area contributed by atoms with Crippen LogP contribution in [-0.4, -0.2) is 73.0 Å². The molecule has 0 bridgehead atoms. The average Bonchev–Trinajstić information content (AvgIpc) is 3.11. The number of carbonyl (C=O) groups is 2. The molecule has 0 radical (unpaired) electrons. The van der Waals surface area contributed by atoms with E-state index >= 15 is 0 Å². The maximum Gasteiger partial charge on any atom is 0.322 e. The summed E-state index contributed by atoms with van der Waals surface area (Å²) in [6, 6.07) is 7.01. The molecule has 164 valence electrons. The van der Waals surface area contributed by atoms with Crippen molar-refractivity contribution < 1.29 is 14.3 Å². The molecule has 0 saturated heterocycles. The van der Waals surface area contributed by atoms with E-state index in [1.165, 1.54) is 0 Å². The smallest absolute Gasteiger partial charge is 0.322 e. The van der Waals surface area contributed by atoms with Crippen LogP contribution in [0.1, 0.15) is 45.2 Å². The van der Waals surface area contributed by atoms with Gasteiger partial charge in [-0.1, -0.05) is 26.0 Å². The summed E-state index contributed by atoms with van der Waals surface area (Å²) in [5, 5.41) is 2.99. The summed E-state index contributed by atoms with van der Waals surface area (Å²) >= 11 is 0. The first-order valence-electron chi connectivity index (χ1n) is 10.9. The van der Waals surface area contributed by atoms with Crippen LogP contribution < -0.4 is 10.1 Å². The number of hydrogen-bond donors (Lipinski definition) is 1. The van der Waals surface area contributed by atoms with Crippen LogP contribution in [0, 0.1) is 0 Å². The zero-order valence-electron chi connectivity index (χ0n) is 18.8. The Hall–Kier alpha value is -2.54. The summed E-state index contributed by atoms with van der Waals surface area (Å²) in [7, 11) is 3.34. The van der Waals surface area contributed by atoms with E-state index in [1.807, 2.05) is 29.2 Å². The number of carbonyl (C=O) groups excluding carboxylic acids is 2. The molecule has 2 atom stereocenters. The second-order valence-corrected chi connectivity index (χ2v) is 8.03. The topological polar surface area (TPSA) is 65.1 Å². The van der Waals surface area contributed by atoms with Crippen LogP contribution in [0.3, 0.4) is 0 Å². The molecule has 0 unspecified atom stereocenters. The third kappa shape index (κ3) is 4.31. The lowest BCUT2D eigenvalue weighted by molar-refractivity contribution is -0.127. The normalized spacial score (nSPS) is 20.0. The molecule has 0 spiro atoms. The molecule has 3 amide bonds. The predicted molar refractivity (Wildman–Crippen MR) is 117 cm³/mol. The van der Waals surface area contributed by atoms with Gasteiger partial charge in [-0.15, -0.1) is 0 Å². The lowest BCUT2D eigenvalue weighted by Gasteiger charge is -2.31. The number of nitrogens with zero attached hydrogens (tertiary/aromatic N) is 3. The van der Waals surface area contributed by atoms with E-state index in [-0.39, 0.29) is 18.0 Å². The Morgan fingerprint density at radius 2 is 2.00 bits per heavy atom. The Labute approximate surface area is 179 Å². The van der Waals surface area contributed by atoms with E-state index in [2.05, 4.69) is 31.0 Å². The molecule has 0 saturated carbocycles. The lowest BCUT2D eigenvalue weighted by Crippen LogP contribution is -2.45. The molecule has 2 aliphatic rings. The van der Waals surface area contributed by atoms with Gasteiger partial charge in [-0.25, -0.2) is 4.79 Å². The van der Waals surface area contributed by atoms with Gasteiger partial charge in [0.25, 0.3) is 5.91 Å². The van der Waals surface area contributed by atoms with E-state index in [0.717, 1.165) is 43.7 Å². The highest BCUT2D eigenvalue weighted by atomic mass is 16.5. The van der Waals surface area contributed by atoms with E-state index in [4.69, 9.17) is 4.74 Å². The molecule has 0 fully saturated rings. The van der Waals surface area contributed by atoms with Crippen molar-refractivity contribution >= 4 is 11.9 Å². The minimum atomic E-state index is -0.459. The van der Waals surface area contributed by atoms with Gasteiger partial charge in [0, 0.05) is 13.1 Å². The van der Waals surface area contributed by atoms with Crippen molar-refractivity contribution in [2.24, 2.45) is 0 Å². The Kier molecular flexibility index (Phi) is 7.02. The van der Waals surface area contributed by atoms with Gasteiger partial charge in [0.05, 0.1) is 31.0 Å². The fraction of sp³-hybridized carbons (Fsp3) is 0.565. The SMILES string of the molecule is CCN(CC)CCC[C@H](C)N1CC2=C(C1=O)[C@H](c1cccc(OC)c1)NC(=O)N2C. The molecule has 0 aliphatic carbocycles. The number of urea groups is 1. The van der Waals surface area contributed by atoms with Crippen LogP contribution in [0.5, 0.6) is 5.75 Å². The monoisotopic (exact) mass is 414 g/mol. The zero-order valence-corrected chi connectivity index (χ0v) is 18.8. The van der Waals surface area contributed by atoms with Gasteiger partial charge in [-0.2, -0.15) is 0 Å². The second-order valence-electron chi connectivity index (χ2n) is 8.03. The van der Waals surface area contributed by atoms with Crippen molar-refractivity contribution in [3.8, 4) is 5.75 Å². The molecule has 2 aliphatic heterocycles. The third-order valence-electron chi connectivity index (χ3n) is 6.34. The predicted octanol–water partition coefficient (Wildman–Crippen LogP) is 3.00. The van der Waals surface area contributed by atoms with Crippen LogP contribution in [0.4, 0.5) is 4.79 Å². The number of methoxy groups -OCH3 is 1. The lowest BCUT2D eigenvalue weighted by atomic mass is 9.95. The van der Waals surface area contributed by atoms with Gasteiger partial charge in [0.2, 0.25) is 0 Å². The molecule has 2 heterocycles. The maximum absolute atomic E-state index is 13.4. The Bertz CT molecular complexity index is 818. The van der Waals surface area contributed by atoms with Crippen molar-refractivity contribution in [1.29, 1.82) is 0 Å². The number of benzene rings is 1. The molecule has 7 nitrogen and oxygen atoms in total. The Morgan fingerprint density at radius 3 is 2.67 bits per heavy atom. The first-order chi connectivity index (χ1) is 14.4. The molecule has 3 rings (SSSR count). The summed E-state index contributed by atoms with van der Waals surface area (Å²) in [4.78, 5) is 31.9. The van der Waals surface area contributed by atoms with Gasteiger partial charge >= 0.3 is 6.03 Å². The summed E-state index contributed by atoms with van der Waals surface area (Å²) in [6.45, 7) is 10.1. The number of rotatable bonds is 9. The number of amides is 3. The first kappa shape index (κ1) is 22.2. The summed E-state index contributed by atoms with van der Waals surface area (Å²) in [6.07, 6.45) is 1.99. The number of likely N-dealkylation sites (N-methyl/N-ethyl adjacent to an activating group) is 1. The molecule has 1 aromatic rings.